The highest BCUT2D eigenvalue weighted by molar-refractivity contribution is 7.80. The number of nitro benzene ring substituents is 1. The summed E-state index contributed by atoms with van der Waals surface area (Å²) in [5.74, 6) is 0.813. The molecule has 2 aliphatic rings. The second-order valence-corrected chi connectivity index (χ2v) is 8.98. The number of hydrogen-bond acceptors (Lipinski definition) is 6. The van der Waals surface area contributed by atoms with Gasteiger partial charge in [0, 0.05) is 23.7 Å². The van der Waals surface area contributed by atoms with Crippen LogP contribution in [0.3, 0.4) is 0 Å². The first kappa shape index (κ1) is 24.0. The molecule has 0 unspecified atom stereocenters. The minimum Gasteiger partial charge on any atom is -0.496 e. The van der Waals surface area contributed by atoms with Crippen molar-refractivity contribution in [1.82, 2.24) is 10.2 Å². The summed E-state index contributed by atoms with van der Waals surface area (Å²) in [6.45, 7) is 0.117. The largest absolute Gasteiger partial charge is 0.496 e. The van der Waals surface area contributed by atoms with Crippen molar-refractivity contribution in [3.05, 3.63) is 68.4 Å². The van der Waals surface area contributed by atoms with Crippen molar-refractivity contribution < 1.29 is 19.2 Å². The summed E-state index contributed by atoms with van der Waals surface area (Å²) < 4.78 is 11.2. The number of halogens is 1. The van der Waals surface area contributed by atoms with E-state index in [-0.39, 0.29) is 29.3 Å². The monoisotopic (exact) mass is 501 g/mol. The van der Waals surface area contributed by atoms with Gasteiger partial charge >= 0.3 is 0 Å². The van der Waals surface area contributed by atoms with Crippen LogP contribution in [0.2, 0.25) is 5.02 Å². The van der Waals surface area contributed by atoms with Crippen LogP contribution in [-0.2, 0) is 11.4 Å². The van der Waals surface area contributed by atoms with E-state index in [9.17, 15) is 14.9 Å². The van der Waals surface area contributed by atoms with E-state index in [1.54, 1.807) is 24.2 Å². The Balaban J connectivity index is 1.52. The van der Waals surface area contributed by atoms with Gasteiger partial charge in [-0.05, 0) is 54.9 Å². The Morgan fingerprint density at radius 2 is 1.94 bits per heavy atom. The molecule has 8 nitrogen and oxygen atoms in total. The van der Waals surface area contributed by atoms with Gasteiger partial charge < -0.3 is 14.8 Å². The molecule has 1 heterocycles. The van der Waals surface area contributed by atoms with Crippen LogP contribution in [0.5, 0.6) is 11.5 Å². The summed E-state index contributed by atoms with van der Waals surface area (Å²) in [6, 6.07) is 9.67. The van der Waals surface area contributed by atoms with Crippen molar-refractivity contribution in [3.63, 3.8) is 0 Å². The SMILES string of the molecule is COc1ccc(/C=C2/NC(=S)N(C3CCCCC3)C2=O)cc1COc1ccc([N+](=O)[O-])cc1Cl. The second kappa shape index (κ2) is 10.4. The van der Waals surface area contributed by atoms with Gasteiger partial charge in [0.25, 0.3) is 11.6 Å². The lowest BCUT2D eigenvalue weighted by molar-refractivity contribution is -0.384. The summed E-state index contributed by atoms with van der Waals surface area (Å²) in [4.78, 5) is 25.1. The van der Waals surface area contributed by atoms with Crippen molar-refractivity contribution >= 4 is 46.6 Å². The third-order valence-electron chi connectivity index (χ3n) is 5.97. The van der Waals surface area contributed by atoms with Crippen LogP contribution in [0.4, 0.5) is 5.69 Å². The molecule has 4 rings (SSSR count). The molecule has 0 atom stereocenters. The van der Waals surface area contributed by atoms with Gasteiger partial charge in [0.05, 0.1) is 17.1 Å². The number of carbonyl (C=O) groups excluding carboxylic acids is 1. The van der Waals surface area contributed by atoms with E-state index >= 15 is 0 Å². The van der Waals surface area contributed by atoms with Crippen molar-refractivity contribution in [2.24, 2.45) is 0 Å². The van der Waals surface area contributed by atoms with Crippen LogP contribution in [0.15, 0.2) is 42.1 Å². The molecule has 0 bridgehead atoms. The molecule has 1 aliphatic heterocycles. The highest BCUT2D eigenvalue weighted by Crippen LogP contribution is 2.31. The van der Waals surface area contributed by atoms with Gasteiger partial charge in [-0.15, -0.1) is 0 Å². The summed E-state index contributed by atoms with van der Waals surface area (Å²) >= 11 is 11.6. The Morgan fingerprint density at radius 1 is 1.21 bits per heavy atom. The molecule has 0 radical (unpaired) electrons. The standard InChI is InChI=1S/C24H24ClN3O5S/c1-32-21-9-7-15(11-16(21)14-33-22-10-8-18(28(30)31)13-19(22)25)12-20-23(29)27(24(34)26-20)17-5-3-2-4-6-17/h7-13,17H,2-6,14H2,1H3,(H,26,34)/b20-12+. The number of rotatable bonds is 7. The fraction of sp³-hybridized carbons (Fsp3) is 0.333. The molecular formula is C24H24ClN3O5S. The van der Waals surface area contributed by atoms with Crippen molar-refractivity contribution in [2.45, 2.75) is 44.8 Å². The Bertz CT molecular complexity index is 1160. The first-order chi connectivity index (χ1) is 16.4. The maximum Gasteiger partial charge on any atom is 0.276 e. The van der Waals surface area contributed by atoms with Crippen molar-refractivity contribution in [1.29, 1.82) is 0 Å². The van der Waals surface area contributed by atoms with Crippen LogP contribution in [0.25, 0.3) is 6.08 Å². The molecule has 1 saturated heterocycles. The van der Waals surface area contributed by atoms with Gasteiger partial charge in [-0.25, -0.2) is 0 Å². The zero-order valence-corrected chi connectivity index (χ0v) is 20.2. The first-order valence-corrected chi connectivity index (χ1v) is 11.8. The molecule has 10 heteroatoms. The van der Waals surface area contributed by atoms with E-state index in [0.29, 0.717) is 22.3 Å². The van der Waals surface area contributed by atoms with E-state index in [1.807, 2.05) is 12.1 Å². The summed E-state index contributed by atoms with van der Waals surface area (Å²) in [7, 11) is 1.55. The summed E-state index contributed by atoms with van der Waals surface area (Å²) in [5, 5.41) is 14.6. The maximum atomic E-state index is 13.0. The smallest absolute Gasteiger partial charge is 0.276 e. The number of ether oxygens (including phenoxy) is 2. The summed E-state index contributed by atoms with van der Waals surface area (Å²) in [5.41, 5.74) is 1.82. The van der Waals surface area contributed by atoms with E-state index in [4.69, 9.17) is 33.3 Å². The highest BCUT2D eigenvalue weighted by Gasteiger charge is 2.36. The zero-order valence-electron chi connectivity index (χ0n) is 18.6. The predicted octanol–water partition coefficient (Wildman–Crippen LogP) is 5.23. The van der Waals surface area contributed by atoms with Gasteiger partial charge in [-0.3, -0.25) is 19.8 Å². The van der Waals surface area contributed by atoms with Crippen LogP contribution in [0.1, 0.15) is 43.2 Å². The predicted molar refractivity (Wildman–Crippen MR) is 133 cm³/mol. The second-order valence-electron chi connectivity index (χ2n) is 8.19. The van der Waals surface area contributed by atoms with Crippen LogP contribution < -0.4 is 14.8 Å². The molecule has 2 aromatic carbocycles. The molecule has 0 spiro atoms. The van der Waals surface area contributed by atoms with Crippen LogP contribution in [0, 0.1) is 10.1 Å². The third-order valence-corrected chi connectivity index (χ3v) is 6.57. The summed E-state index contributed by atoms with van der Waals surface area (Å²) in [6.07, 6.45) is 7.11. The lowest BCUT2D eigenvalue weighted by atomic mass is 9.94. The van der Waals surface area contributed by atoms with E-state index in [1.165, 1.54) is 24.6 Å². The topological polar surface area (TPSA) is 93.9 Å². The van der Waals surface area contributed by atoms with Crippen molar-refractivity contribution in [3.8, 4) is 11.5 Å². The molecule has 1 aliphatic carbocycles. The Hall–Kier alpha value is -3.17. The number of nitrogens with zero attached hydrogens (tertiary/aromatic N) is 2. The highest BCUT2D eigenvalue weighted by atomic mass is 35.5. The first-order valence-electron chi connectivity index (χ1n) is 11.0. The fourth-order valence-electron chi connectivity index (χ4n) is 4.26. The molecule has 0 aromatic heterocycles. The zero-order chi connectivity index (χ0) is 24.2. The molecular weight excluding hydrogens is 478 g/mol. The number of amides is 1. The quantitative estimate of drug-likeness (QED) is 0.240. The van der Waals surface area contributed by atoms with Gasteiger partial charge in [0.2, 0.25) is 0 Å². The average Bonchev–Trinajstić information content (AvgIpc) is 3.11. The van der Waals surface area contributed by atoms with Crippen molar-refractivity contribution in [2.75, 3.05) is 7.11 Å². The normalized spacial score (nSPS) is 17.7. The van der Waals surface area contributed by atoms with Crippen LogP contribution in [-0.4, -0.2) is 34.0 Å². The van der Waals surface area contributed by atoms with Gasteiger partial charge in [0.15, 0.2) is 5.11 Å². The molecule has 34 heavy (non-hydrogen) atoms. The Labute approximate surface area is 207 Å². The molecule has 1 saturated carbocycles. The van der Waals surface area contributed by atoms with Gasteiger partial charge in [-0.1, -0.05) is 36.9 Å². The number of benzene rings is 2. The molecule has 1 N–H and O–H groups in total. The number of thiocarbonyl (C=S) groups is 1. The Morgan fingerprint density at radius 3 is 2.62 bits per heavy atom. The third kappa shape index (κ3) is 5.15. The molecule has 178 valence electrons. The lowest BCUT2D eigenvalue weighted by Gasteiger charge is -2.29. The fourth-order valence-corrected chi connectivity index (χ4v) is 4.83. The van der Waals surface area contributed by atoms with Crippen LogP contribution >= 0.6 is 23.8 Å². The molecule has 1 amide bonds. The number of non-ortho nitro benzene ring substituents is 1. The maximum absolute atomic E-state index is 13.0. The number of nitrogens with one attached hydrogen (secondary N) is 1. The lowest BCUT2D eigenvalue weighted by Crippen LogP contribution is -2.41. The van der Waals surface area contributed by atoms with Gasteiger partial charge in [-0.2, -0.15) is 0 Å². The number of carbonyl (C=O) groups is 1. The number of nitro groups is 1. The number of hydrogen-bond donors (Lipinski definition) is 1. The molecule has 2 aromatic rings. The number of methoxy groups -OCH3 is 1. The van der Waals surface area contributed by atoms with E-state index < -0.39 is 4.92 Å². The minimum atomic E-state index is -0.519. The average molecular weight is 502 g/mol. The van der Waals surface area contributed by atoms with Gasteiger partial charge in [0.1, 0.15) is 23.8 Å². The Kier molecular flexibility index (Phi) is 7.33. The minimum absolute atomic E-state index is 0.108. The molecule has 2 fully saturated rings. The van der Waals surface area contributed by atoms with E-state index in [0.717, 1.165) is 36.8 Å². The van der Waals surface area contributed by atoms with E-state index in [2.05, 4.69) is 5.32 Å².